The number of fused-ring (bicyclic) bond motifs is 1. The van der Waals surface area contributed by atoms with Crippen LogP contribution in [0.4, 0.5) is 10.2 Å². The van der Waals surface area contributed by atoms with Crippen molar-refractivity contribution in [1.29, 1.82) is 0 Å². The summed E-state index contributed by atoms with van der Waals surface area (Å²) in [6.45, 7) is 4.25. The van der Waals surface area contributed by atoms with Gasteiger partial charge in [-0.15, -0.1) is 0 Å². The summed E-state index contributed by atoms with van der Waals surface area (Å²) in [5.74, 6) is 1.23. The van der Waals surface area contributed by atoms with Crippen LogP contribution < -0.4 is 15.2 Å². The number of halogens is 1. The molecule has 1 aliphatic rings. The summed E-state index contributed by atoms with van der Waals surface area (Å²) in [6, 6.07) is 9.50. The second-order valence-corrected chi connectivity index (χ2v) is 6.13. The molecule has 0 radical (unpaired) electrons. The highest BCUT2D eigenvalue weighted by Gasteiger charge is 2.16. The van der Waals surface area contributed by atoms with E-state index in [9.17, 15) is 9.18 Å². The molecule has 0 amide bonds. The number of aromatic nitrogens is 2. The van der Waals surface area contributed by atoms with Gasteiger partial charge in [-0.3, -0.25) is 9.20 Å². The first-order valence-electron chi connectivity index (χ1n) is 8.41. The summed E-state index contributed by atoms with van der Waals surface area (Å²) in [5.41, 5.74) is 0.725. The zero-order valence-electron chi connectivity index (χ0n) is 14.3. The van der Waals surface area contributed by atoms with Crippen molar-refractivity contribution < 1.29 is 13.9 Å². The number of anilines is 1. The van der Waals surface area contributed by atoms with Crippen LogP contribution in [0.2, 0.25) is 0 Å². The van der Waals surface area contributed by atoms with Gasteiger partial charge in [-0.1, -0.05) is 0 Å². The fourth-order valence-corrected chi connectivity index (χ4v) is 2.93. The molecule has 0 aliphatic carbocycles. The largest absolute Gasteiger partial charge is 0.453 e. The van der Waals surface area contributed by atoms with Gasteiger partial charge in [0.15, 0.2) is 11.4 Å². The van der Waals surface area contributed by atoms with Gasteiger partial charge in [0.1, 0.15) is 17.4 Å². The first kappa shape index (κ1) is 16.5. The highest BCUT2D eigenvalue weighted by molar-refractivity contribution is 5.58. The molecule has 0 N–H and O–H groups in total. The predicted molar refractivity (Wildman–Crippen MR) is 95.7 cm³/mol. The standard InChI is InChI=1S/C19H18FN3O3/c1-13-11-14(4-5-15(13)20)26-16-3-2-6-23-18(24)12-17(21-19(16)23)22-7-9-25-10-8-22/h2-6,11-12H,7-10H2,1H3. The van der Waals surface area contributed by atoms with Crippen molar-refractivity contribution in [2.45, 2.75) is 6.92 Å². The van der Waals surface area contributed by atoms with Gasteiger partial charge in [0.25, 0.3) is 5.56 Å². The van der Waals surface area contributed by atoms with Gasteiger partial charge in [-0.2, -0.15) is 0 Å². The number of hydrogen-bond donors (Lipinski definition) is 0. The average Bonchev–Trinajstić information content (AvgIpc) is 2.66. The number of pyridine rings is 1. The van der Waals surface area contributed by atoms with Crippen molar-refractivity contribution in [1.82, 2.24) is 9.38 Å². The van der Waals surface area contributed by atoms with E-state index < -0.39 is 0 Å². The quantitative estimate of drug-likeness (QED) is 0.723. The molecule has 0 saturated carbocycles. The van der Waals surface area contributed by atoms with Crippen LogP contribution in [-0.4, -0.2) is 35.7 Å². The maximum absolute atomic E-state index is 13.5. The molecule has 0 spiro atoms. The van der Waals surface area contributed by atoms with Gasteiger partial charge in [-0.05, 0) is 42.8 Å². The third-order valence-electron chi connectivity index (χ3n) is 4.33. The molecule has 3 aromatic rings. The van der Waals surface area contributed by atoms with Gasteiger partial charge in [0.05, 0.1) is 13.2 Å². The van der Waals surface area contributed by atoms with Gasteiger partial charge in [0.2, 0.25) is 0 Å². The molecule has 1 aromatic carbocycles. The molecule has 1 aliphatic heterocycles. The molecule has 26 heavy (non-hydrogen) atoms. The molecular formula is C19H18FN3O3. The van der Waals surface area contributed by atoms with Crippen molar-refractivity contribution in [2.75, 3.05) is 31.2 Å². The van der Waals surface area contributed by atoms with E-state index in [1.54, 1.807) is 37.4 Å². The zero-order chi connectivity index (χ0) is 18.1. The van der Waals surface area contributed by atoms with E-state index in [2.05, 4.69) is 4.98 Å². The van der Waals surface area contributed by atoms with Gasteiger partial charge >= 0.3 is 0 Å². The average molecular weight is 355 g/mol. The number of hydrogen-bond acceptors (Lipinski definition) is 5. The van der Waals surface area contributed by atoms with E-state index in [4.69, 9.17) is 9.47 Å². The Morgan fingerprint density at radius 1 is 1.19 bits per heavy atom. The molecule has 1 fully saturated rings. The van der Waals surface area contributed by atoms with Gasteiger partial charge in [-0.25, -0.2) is 9.37 Å². The Kier molecular flexibility index (Phi) is 4.30. The molecule has 134 valence electrons. The van der Waals surface area contributed by atoms with Crippen molar-refractivity contribution >= 4 is 11.5 Å². The van der Waals surface area contributed by atoms with Crippen LogP contribution in [-0.2, 0) is 4.74 Å². The minimum atomic E-state index is -0.292. The predicted octanol–water partition coefficient (Wildman–Crippen LogP) is 2.77. The Balaban J connectivity index is 1.77. The maximum atomic E-state index is 13.5. The summed E-state index contributed by atoms with van der Waals surface area (Å²) < 4.78 is 26.2. The molecule has 6 nitrogen and oxygen atoms in total. The van der Waals surface area contributed by atoms with Crippen LogP contribution >= 0.6 is 0 Å². The Bertz CT molecular complexity index is 1010. The molecule has 7 heteroatoms. The normalized spacial score (nSPS) is 14.6. The number of nitrogens with zero attached hydrogens (tertiary/aromatic N) is 3. The number of rotatable bonds is 3. The molecular weight excluding hydrogens is 337 g/mol. The smallest absolute Gasteiger partial charge is 0.260 e. The second kappa shape index (κ2) is 6.76. The minimum absolute atomic E-state index is 0.183. The lowest BCUT2D eigenvalue weighted by atomic mass is 10.2. The lowest BCUT2D eigenvalue weighted by molar-refractivity contribution is 0.122. The summed E-state index contributed by atoms with van der Waals surface area (Å²) in [7, 11) is 0. The van der Waals surface area contributed by atoms with E-state index in [-0.39, 0.29) is 11.4 Å². The van der Waals surface area contributed by atoms with E-state index in [1.165, 1.54) is 16.5 Å². The lowest BCUT2D eigenvalue weighted by Crippen LogP contribution is -2.37. The summed E-state index contributed by atoms with van der Waals surface area (Å²) >= 11 is 0. The molecule has 2 aromatic heterocycles. The van der Waals surface area contributed by atoms with Crippen LogP contribution in [0.5, 0.6) is 11.5 Å². The van der Waals surface area contributed by atoms with Crippen LogP contribution in [0.25, 0.3) is 5.65 Å². The fraction of sp³-hybridized carbons (Fsp3) is 0.263. The Morgan fingerprint density at radius 3 is 2.77 bits per heavy atom. The summed E-state index contributed by atoms with van der Waals surface area (Å²) in [5, 5.41) is 0. The zero-order valence-corrected chi connectivity index (χ0v) is 14.3. The van der Waals surface area contributed by atoms with E-state index in [0.29, 0.717) is 54.8 Å². The SMILES string of the molecule is Cc1cc(Oc2cccn3c(=O)cc(N4CCOCC4)nc23)ccc1F. The maximum Gasteiger partial charge on any atom is 0.260 e. The number of benzene rings is 1. The van der Waals surface area contributed by atoms with Crippen molar-refractivity contribution in [3.05, 3.63) is 64.3 Å². The second-order valence-electron chi connectivity index (χ2n) is 6.13. The van der Waals surface area contributed by atoms with Crippen LogP contribution in [0.1, 0.15) is 5.56 Å². The first-order valence-corrected chi connectivity index (χ1v) is 8.41. The van der Waals surface area contributed by atoms with Crippen LogP contribution in [0, 0.1) is 12.7 Å². The van der Waals surface area contributed by atoms with E-state index >= 15 is 0 Å². The van der Waals surface area contributed by atoms with Crippen molar-refractivity contribution in [3.8, 4) is 11.5 Å². The molecule has 0 atom stereocenters. The number of ether oxygens (including phenoxy) is 2. The highest BCUT2D eigenvalue weighted by Crippen LogP contribution is 2.27. The fourth-order valence-electron chi connectivity index (χ4n) is 2.93. The van der Waals surface area contributed by atoms with Crippen molar-refractivity contribution in [2.24, 2.45) is 0 Å². The third kappa shape index (κ3) is 3.13. The highest BCUT2D eigenvalue weighted by atomic mass is 19.1. The lowest BCUT2D eigenvalue weighted by Gasteiger charge is -2.27. The molecule has 0 bridgehead atoms. The first-order chi connectivity index (χ1) is 12.6. The van der Waals surface area contributed by atoms with Gasteiger partial charge in [0, 0.05) is 25.4 Å². The van der Waals surface area contributed by atoms with Gasteiger partial charge < -0.3 is 14.4 Å². The molecule has 1 saturated heterocycles. The topological polar surface area (TPSA) is 56.1 Å². The molecule has 0 unspecified atom stereocenters. The molecule has 3 heterocycles. The minimum Gasteiger partial charge on any atom is -0.453 e. The molecule has 4 rings (SSSR count). The Labute approximate surface area is 149 Å². The van der Waals surface area contributed by atoms with E-state index in [1.807, 2.05) is 4.90 Å². The Morgan fingerprint density at radius 2 is 2.00 bits per heavy atom. The summed E-state index contributed by atoms with van der Waals surface area (Å²) in [4.78, 5) is 19.2. The number of morpholine rings is 1. The summed E-state index contributed by atoms with van der Waals surface area (Å²) in [6.07, 6.45) is 1.65. The van der Waals surface area contributed by atoms with Crippen LogP contribution in [0.15, 0.2) is 47.4 Å². The Hall–Kier alpha value is -2.93. The monoisotopic (exact) mass is 355 g/mol. The van der Waals surface area contributed by atoms with Crippen LogP contribution in [0.3, 0.4) is 0 Å². The van der Waals surface area contributed by atoms with E-state index in [0.717, 1.165) is 0 Å². The van der Waals surface area contributed by atoms with Crippen molar-refractivity contribution in [3.63, 3.8) is 0 Å². The third-order valence-corrected chi connectivity index (χ3v) is 4.33. The number of aryl methyl sites for hydroxylation is 1.